The molecule has 1 N–H and O–H groups in total. The maximum absolute atomic E-state index is 12.8. The highest BCUT2D eigenvalue weighted by Gasteiger charge is 2.23. The summed E-state index contributed by atoms with van der Waals surface area (Å²) in [6.45, 7) is 1.28. The zero-order valence-corrected chi connectivity index (χ0v) is 15.8. The minimum atomic E-state index is -0.0267. The van der Waals surface area contributed by atoms with E-state index in [2.05, 4.69) is 17.4 Å². The average molecular weight is 364 g/mol. The predicted octanol–water partition coefficient (Wildman–Crippen LogP) is 3.56. The molecule has 0 heterocycles. The van der Waals surface area contributed by atoms with Gasteiger partial charge in [-0.05, 0) is 30.4 Å². The third-order valence-electron chi connectivity index (χ3n) is 5.22. The molecule has 27 heavy (non-hydrogen) atoms. The molecular weight excluding hydrogens is 336 g/mol. The van der Waals surface area contributed by atoms with E-state index in [-0.39, 0.29) is 24.3 Å². The van der Waals surface area contributed by atoms with E-state index >= 15 is 0 Å². The molecule has 1 fully saturated rings. The molecule has 0 atom stereocenters. The molecule has 2 amide bonds. The third-order valence-corrected chi connectivity index (χ3v) is 5.22. The van der Waals surface area contributed by atoms with Gasteiger partial charge in [-0.3, -0.25) is 9.59 Å². The summed E-state index contributed by atoms with van der Waals surface area (Å²) >= 11 is 0. The van der Waals surface area contributed by atoms with Gasteiger partial charge in [-0.15, -0.1) is 0 Å². The van der Waals surface area contributed by atoms with Gasteiger partial charge < -0.3 is 10.2 Å². The second-order valence-corrected chi connectivity index (χ2v) is 7.24. The highest BCUT2D eigenvalue weighted by atomic mass is 16.2. The van der Waals surface area contributed by atoms with Crippen LogP contribution in [0.3, 0.4) is 0 Å². The lowest BCUT2D eigenvalue weighted by molar-refractivity contribution is -0.134. The van der Waals surface area contributed by atoms with Gasteiger partial charge in [-0.2, -0.15) is 0 Å². The first-order valence-corrected chi connectivity index (χ1v) is 9.86. The summed E-state index contributed by atoms with van der Waals surface area (Å²) in [6, 6.07) is 20.2. The largest absolute Gasteiger partial charge is 0.347 e. The van der Waals surface area contributed by atoms with Gasteiger partial charge in [0.1, 0.15) is 0 Å². The smallest absolute Gasteiger partial charge is 0.242 e. The molecule has 0 saturated heterocycles. The van der Waals surface area contributed by atoms with E-state index in [9.17, 15) is 9.59 Å². The fraction of sp³-hybridized carbons (Fsp3) is 0.391. The van der Waals surface area contributed by atoms with E-state index in [1.54, 1.807) is 0 Å². The Morgan fingerprint density at radius 3 is 2.11 bits per heavy atom. The summed E-state index contributed by atoms with van der Waals surface area (Å²) < 4.78 is 0. The topological polar surface area (TPSA) is 49.4 Å². The lowest BCUT2D eigenvalue weighted by Gasteiger charge is -2.23. The first-order valence-electron chi connectivity index (χ1n) is 9.86. The van der Waals surface area contributed by atoms with Gasteiger partial charge in [-0.1, -0.05) is 73.5 Å². The van der Waals surface area contributed by atoms with Crippen LogP contribution in [0.2, 0.25) is 0 Å². The Morgan fingerprint density at radius 2 is 1.48 bits per heavy atom. The average Bonchev–Trinajstić information content (AvgIpc) is 3.25. The highest BCUT2D eigenvalue weighted by Crippen LogP contribution is 2.24. The summed E-state index contributed by atoms with van der Waals surface area (Å²) in [4.78, 5) is 26.9. The molecule has 4 nitrogen and oxygen atoms in total. The molecule has 2 aromatic carbocycles. The normalized spacial score (nSPS) is 14.1. The summed E-state index contributed by atoms with van der Waals surface area (Å²) in [5.74, 6) is 0.0920. The number of benzene rings is 2. The van der Waals surface area contributed by atoms with Crippen molar-refractivity contribution in [2.75, 3.05) is 13.1 Å². The first-order chi connectivity index (χ1) is 13.2. The number of hydrogen-bond donors (Lipinski definition) is 1. The molecule has 0 spiro atoms. The Bertz CT molecular complexity index is 725. The Hall–Kier alpha value is -2.62. The molecule has 0 bridgehead atoms. The summed E-state index contributed by atoms with van der Waals surface area (Å²) in [5.41, 5.74) is 2.30. The quantitative estimate of drug-likeness (QED) is 0.778. The Labute approximate surface area is 161 Å². The molecule has 3 rings (SSSR count). The first kappa shape index (κ1) is 19.2. The van der Waals surface area contributed by atoms with Crippen molar-refractivity contribution < 1.29 is 9.59 Å². The number of carbonyl (C=O) groups is 2. The molecule has 4 heteroatoms. The third kappa shape index (κ3) is 5.95. The summed E-state index contributed by atoms with van der Waals surface area (Å²) in [5, 5.41) is 2.86. The molecule has 1 saturated carbocycles. The Morgan fingerprint density at radius 1 is 0.889 bits per heavy atom. The van der Waals surface area contributed by atoms with Crippen LogP contribution in [-0.2, 0) is 22.6 Å². The molecular formula is C23H28N2O2. The van der Waals surface area contributed by atoms with Crippen LogP contribution in [0.5, 0.6) is 0 Å². The standard InChI is InChI=1S/C23H28N2O2/c26-22(17-24-23(27)21-13-7-8-14-21)25(18-20-11-5-2-6-12-20)16-15-19-9-3-1-4-10-19/h1-6,9-12,21H,7-8,13-18H2,(H,24,27). The van der Waals surface area contributed by atoms with E-state index in [1.807, 2.05) is 53.4 Å². The molecule has 2 aromatic rings. The fourth-order valence-corrected chi connectivity index (χ4v) is 3.61. The lowest BCUT2D eigenvalue weighted by Crippen LogP contribution is -2.42. The van der Waals surface area contributed by atoms with Crippen LogP contribution >= 0.6 is 0 Å². The molecule has 1 aliphatic rings. The number of hydrogen-bond acceptors (Lipinski definition) is 2. The SMILES string of the molecule is O=C(NCC(=O)N(CCc1ccccc1)Cc1ccccc1)C1CCCC1. The minimum Gasteiger partial charge on any atom is -0.347 e. The van der Waals surface area contributed by atoms with Crippen molar-refractivity contribution in [3.63, 3.8) is 0 Å². The fourth-order valence-electron chi connectivity index (χ4n) is 3.61. The van der Waals surface area contributed by atoms with Crippen LogP contribution in [0.25, 0.3) is 0 Å². The van der Waals surface area contributed by atoms with Crippen LogP contribution in [0.4, 0.5) is 0 Å². The number of nitrogens with zero attached hydrogens (tertiary/aromatic N) is 1. The van der Waals surface area contributed by atoms with E-state index < -0.39 is 0 Å². The summed E-state index contributed by atoms with van der Waals surface area (Å²) in [6.07, 6.45) is 4.92. The van der Waals surface area contributed by atoms with Crippen molar-refractivity contribution in [1.29, 1.82) is 0 Å². The van der Waals surface area contributed by atoms with Crippen LogP contribution in [0, 0.1) is 5.92 Å². The second-order valence-electron chi connectivity index (χ2n) is 7.24. The lowest BCUT2D eigenvalue weighted by atomic mass is 10.1. The van der Waals surface area contributed by atoms with Crippen molar-refractivity contribution in [2.24, 2.45) is 5.92 Å². The summed E-state index contributed by atoms with van der Waals surface area (Å²) in [7, 11) is 0. The second kappa shape index (κ2) is 9.91. The maximum Gasteiger partial charge on any atom is 0.242 e. The van der Waals surface area contributed by atoms with Crippen LogP contribution in [0.15, 0.2) is 60.7 Å². The monoisotopic (exact) mass is 364 g/mol. The zero-order chi connectivity index (χ0) is 18.9. The number of rotatable bonds is 8. The molecule has 1 aliphatic carbocycles. The van der Waals surface area contributed by atoms with Crippen molar-refractivity contribution >= 4 is 11.8 Å². The van der Waals surface area contributed by atoms with Crippen LogP contribution in [-0.4, -0.2) is 29.8 Å². The number of amides is 2. The van der Waals surface area contributed by atoms with Crippen molar-refractivity contribution in [2.45, 2.75) is 38.6 Å². The minimum absolute atomic E-state index is 0.0267. The van der Waals surface area contributed by atoms with Gasteiger partial charge in [0.15, 0.2) is 0 Å². The van der Waals surface area contributed by atoms with E-state index in [4.69, 9.17) is 0 Å². The van der Waals surface area contributed by atoms with Crippen molar-refractivity contribution in [1.82, 2.24) is 10.2 Å². The van der Waals surface area contributed by atoms with Crippen molar-refractivity contribution in [3.05, 3.63) is 71.8 Å². The Balaban J connectivity index is 1.58. The van der Waals surface area contributed by atoms with Gasteiger partial charge in [0, 0.05) is 19.0 Å². The van der Waals surface area contributed by atoms with Crippen LogP contribution in [0.1, 0.15) is 36.8 Å². The molecule has 142 valence electrons. The van der Waals surface area contributed by atoms with Gasteiger partial charge in [-0.25, -0.2) is 0 Å². The van der Waals surface area contributed by atoms with E-state index in [0.717, 1.165) is 37.7 Å². The Kier molecular flexibility index (Phi) is 7.03. The van der Waals surface area contributed by atoms with Crippen LogP contribution < -0.4 is 5.32 Å². The van der Waals surface area contributed by atoms with Gasteiger partial charge in [0.25, 0.3) is 0 Å². The van der Waals surface area contributed by atoms with Crippen molar-refractivity contribution in [3.8, 4) is 0 Å². The van der Waals surface area contributed by atoms with Gasteiger partial charge in [0.2, 0.25) is 11.8 Å². The zero-order valence-electron chi connectivity index (χ0n) is 15.8. The molecule has 0 aliphatic heterocycles. The number of carbonyl (C=O) groups excluding carboxylic acids is 2. The highest BCUT2D eigenvalue weighted by molar-refractivity contribution is 5.86. The molecule has 0 aromatic heterocycles. The van der Waals surface area contributed by atoms with Gasteiger partial charge >= 0.3 is 0 Å². The maximum atomic E-state index is 12.8. The predicted molar refractivity (Wildman–Crippen MR) is 107 cm³/mol. The van der Waals surface area contributed by atoms with Gasteiger partial charge in [0.05, 0.1) is 6.54 Å². The van der Waals surface area contributed by atoms with E-state index in [0.29, 0.717) is 13.1 Å². The molecule has 0 unspecified atom stereocenters. The number of nitrogens with one attached hydrogen (secondary N) is 1. The van der Waals surface area contributed by atoms with E-state index in [1.165, 1.54) is 5.56 Å². The molecule has 0 radical (unpaired) electrons.